The summed E-state index contributed by atoms with van der Waals surface area (Å²) >= 11 is 0. The average Bonchev–Trinajstić information content (AvgIpc) is 2.84. The highest BCUT2D eigenvalue weighted by atomic mass is 16.5. The van der Waals surface area contributed by atoms with E-state index >= 15 is 0 Å². The molecule has 0 saturated heterocycles. The quantitative estimate of drug-likeness (QED) is 0.279. The van der Waals surface area contributed by atoms with Gasteiger partial charge in [0.1, 0.15) is 5.75 Å². The van der Waals surface area contributed by atoms with Crippen molar-refractivity contribution in [3.8, 4) is 17.1 Å². The first kappa shape index (κ1) is 24.7. The molecule has 1 aromatic heterocycles. The summed E-state index contributed by atoms with van der Waals surface area (Å²) in [6, 6.07) is 8.25. The molecule has 0 radical (unpaired) electrons. The number of hydrogen-bond acceptors (Lipinski definition) is 3. The van der Waals surface area contributed by atoms with Gasteiger partial charge in [-0.2, -0.15) is 0 Å². The van der Waals surface area contributed by atoms with Crippen molar-refractivity contribution >= 4 is 0 Å². The van der Waals surface area contributed by atoms with E-state index in [-0.39, 0.29) is 0 Å². The molecule has 0 bridgehead atoms. The fourth-order valence-corrected chi connectivity index (χ4v) is 5.04. The molecule has 0 aliphatic heterocycles. The topological polar surface area (TPSA) is 35.0 Å². The van der Waals surface area contributed by atoms with Crippen molar-refractivity contribution in [1.29, 1.82) is 0 Å². The summed E-state index contributed by atoms with van der Waals surface area (Å²) in [5.41, 5.74) is 2.29. The van der Waals surface area contributed by atoms with Crippen molar-refractivity contribution < 1.29 is 4.74 Å². The lowest BCUT2D eigenvalue weighted by Gasteiger charge is -2.28. The van der Waals surface area contributed by atoms with E-state index in [0.29, 0.717) is 0 Å². The van der Waals surface area contributed by atoms with Gasteiger partial charge in [-0.05, 0) is 67.3 Å². The van der Waals surface area contributed by atoms with Crippen molar-refractivity contribution in [2.75, 3.05) is 6.61 Å². The van der Waals surface area contributed by atoms with E-state index in [1.165, 1.54) is 82.6 Å². The molecule has 0 unspecified atom stereocenters. The van der Waals surface area contributed by atoms with E-state index in [1.54, 1.807) is 0 Å². The first-order valence-electron chi connectivity index (χ1n) is 13.3. The first-order valence-corrected chi connectivity index (χ1v) is 13.3. The molecule has 1 aliphatic carbocycles. The molecule has 1 heterocycles. The summed E-state index contributed by atoms with van der Waals surface area (Å²) in [6.07, 6.45) is 22.6. The second-order valence-electron chi connectivity index (χ2n) is 9.77. The molecule has 3 nitrogen and oxygen atoms in total. The summed E-state index contributed by atoms with van der Waals surface area (Å²) in [6.45, 7) is 5.39. The van der Waals surface area contributed by atoms with Crippen LogP contribution in [-0.2, 0) is 6.42 Å². The maximum atomic E-state index is 6.00. The maximum absolute atomic E-state index is 6.00. The zero-order valence-electron chi connectivity index (χ0n) is 20.5. The molecule has 176 valence electrons. The van der Waals surface area contributed by atoms with E-state index in [4.69, 9.17) is 4.74 Å². The minimum absolute atomic E-state index is 0.796. The van der Waals surface area contributed by atoms with Crippen molar-refractivity contribution in [3.63, 3.8) is 0 Å². The van der Waals surface area contributed by atoms with E-state index in [9.17, 15) is 0 Å². The maximum Gasteiger partial charge on any atom is 0.159 e. The van der Waals surface area contributed by atoms with Gasteiger partial charge in [0.05, 0.1) is 6.61 Å². The van der Waals surface area contributed by atoms with E-state index in [0.717, 1.165) is 48.4 Å². The Labute approximate surface area is 196 Å². The monoisotopic (exact) mass is 436 g/mol. The van der Waals surface area contributed by atoms with Gasteiger partial charge in [0.25, 0.3) is 0 Å². The highest BCUT2D eigenvalue weighted by Crippen LogP contribution is 2.33. The van der Waals surface area contributed by atoms with Crippen LogP contribution in [0.4, 0.5) is 0 Å². The Bertz CT molecular complexity index is 733. The number of hydrogen-bond donors (Lipinski definition) is 0. The van der Waals surface area contributed by atoms with Gasteiger partial charge < -0.3 is 4.74 Å². The van der Waals surface area contributed by atoms with Crippen molar-refractivity contribution in [2.45, 2.75) is 104 Å². The van der Waals surface area contributed by atoms with Gasteiger partial charge in [-0.1, -0.05) is 78.1 Å². The zero-order chi connectivity index (χ0) is 22.4. The minimum Gasteiger partial charge on any atom is -0.494 e. The summed E-state index contributed by atoms with van der Waals surface area (Å²) in [5.74, 6) is 3.67. The van der Waals surface area contributed by atoms with Gasteiger partial charge in [0, 0.05) is 18.0 Å². The fourth-order valence-electron chi connectivity index (χ4n) is 5.04. The van der Waals surface area contributed by atoms with Gasteiger partial charge >= 0.3 is 0 Å². The zero-order valence-corrected chi connectivity index (χ0v) is 20.5. The second-order valence-corrected chi connectivity index (χ2v) is 9.77. The van der Waals surface area contributed by atoms with Crippen LogP contribution in [0, 0.1) is 11.8 Å². The number of unbranched alkanes of at least 4 members (excludes halogenated alkanes) is 4. The van der Waals surface area contributed by atoms with Gasteiger partial charge in [-0.25, -0.2) is 9.97 Å². The molecular formula is C29H44N2O. The molecule has 1 aromatic carbocycles. The highest BCUT2D eigenvalue weighted by molar-refractivity contribution is 5.55. The average molecular weight is 437 g/mol. The lowest BCUT2D eigenvalue weighted by atomic mass is 9.78. The molecular weight excluding hydrogens is 392 g/mol. The Kier molecular flexibility index (Phi) is 11.0. The minimum atomic E-state index is 0.796. The standard InChI is InChI=1S/C29H44N2O/c1-3-5-6-7-8-11-26-22-30-29(31-23-26)27-17-19-28(20-18-27)32-21-9-12-25-15-13-24(10-4-2)14-16-25/h17-20,22-25H,3-16,21H2,1-2H3/t24-,25-. The predicted octanol–water partition coefficient (Wildman–Crippen LogP) is 8.42. The number of nitrogens with zero attached hydrogens (tertiary/aromatic N) is 2. The molecule has 3 rings (SSSR count). The fraction of sp³-hybridized carbons (Fsp3) is 0.655. The van der Waals surface area contributed by atoms with Crippen LogP contribution in [0.2, 0.25) is 0 Å². The summed E-state index contributed by atoms with van der Waals surface area (Å²) in [5, 5.41) is 0. The lowest BCUT2D eigenvalue weighted by Crippen LogP contribution is -2.15. The molecule has 1 fully saturated rings. The van der Waals surface area contributed by atoms with Gasteiger partial charge in [0.15, 0.2) is 5.82 Å². The number of aromatic nitrogens is 2. The van der Waals surface area contributed by atoms with Crippen LogP contribution in [0.15, 0.2) is 36.7 Å². The van der Waals surface area contributed by atoms with Crippen LogP contribution in [0.5, 0.6) is 5.75 Å². The third-order valence-electron chi connectivity index (χ3n) is 7.08. The first-order chi connectivity index (χ1) is 15.8. The van der Waals surface area contributed by atoms with Crippen LogP contribution in [0.3, 0.4) is 0 Å². The summed E-state index contributed by atoms with van der Waals surface area (Å²) in [4.78, 5) is 9.17. The SMILES string of the molecule is CCCCCCCc1cnc(-c2ccc(OCCC[C@H]3CC[C@H](CCC)CC3)cc2)nc1. The third-order valence-corrected chi connectivity index (χ3v) is 7.08. The second kappa shape index (κ2) is 14.3. The Morgan fingerprint density at radius 2 is 1.41 bits per heavy atom. The summed E-state index contributed by atoms with van der Waals surface area (Å²) in [7, 11) is 0. The Morgan fingerprint density at radius 1 is 0.750 bits per heavy atom. The molecule has 1 saturated carbocycles. The predicted molar refractivity (Wildman–Crippen MR) is 135 cm³/mol. The van der Waals surface area contributed by atoms with Gasteiger partial charge in [-0.3, -0.25) is 0 Å². The van der Waals surface area contributed by atoms with E-state index in [1.807, 2.05) is 12.4 Å². The molecule has 0 N–H and O–H groups in total. The molecule has 3 heteroatoms. The van der Waals surface area contributed by atoms with Crippen LogP contribution < -0.4 is 4.74 Å². The Balaban J connectivity index is 1.34. The normalized spacial score (nSPS) is 18.6. The van der Waals surface area contributed by atoms with Gasteiger partial charge in [-0.15, -0.1) is 0 Å². The van der Waals surface area contributed by atoms with Crippen LogP contribution >= 0.6 is 0 Å². The Hall–Kier alpha value is -1.90. The number of benzene rings is 1. The molecule has 1 aliphatic rings. The van der Waals surface area contributed by atoms with Crippen molar-refractivity contribution in [2.24, 2.45) is 11.8 Å². The lowest BCUT2D eigenvalue weighted by molar-refractivity contribution is 0.230. The molecule has 2 aromatic rings. The molecule has 0 atom stereocenters. The summed E-state index contributed by atoms with van der Waals surface area (Å²) < 4.78 is 6.00. The molecule has 0 spiro atoms. The van der Waals surface area contributed by atoms with E-state index < -0.39 is 0 Å². The number of rotatable bonds is 14. The smallest absolute Gasteiger partial charge is 0.159 e. The Morgan fingerprint density at radius 3 is 2.06 bits per heavy atom. The van der Waals surface area contributed by atoms with Crippen LogP contribution in [0.25, 0.3) is 11.4 Å². The van der Waals surface area contributed by atoms with E-state index in [2.05, 4.69) is 48.1 Å². The largest absolute Gasteiger partial charge is 0.494 e. The molecule has 32 heavy (non-hydrogen) atoms. The van der Waals surface area contributed by atoms with Crippen LogP contribution in [0.1, 0.15) is 103 Å². The highest BCUT2D eigenvalue weighted by Gasteiger charge is 2.20. The van der Waals surface area contributed by atoms with Crippen molar-refractivity contribution in [3.05, 3.63) is 42.2 Å². The third kappa shape index (κ3) is 8.56. The van der Waals surface area contributed by atoms with Gasteiger partial charge in [0.2, 0.25) is 0 Å². The number of aryl methyl sites for hydroxylation is 1. The van der Waals surface area contributed by atoms with Crippen LogP contribution in [-0.4, -0.2) is 16.6 Å². The molecule has 0 amide bonds. The number of ether oxygens (including phenoxy) is 1. The van der Waals surface area contributed by atoms with Crippen molar-refractivity contribution in [1.82, 2.24) is 9.97 Å².